The molecule has 1 unspecified atom stereocenters. The van der Waals surface area contributed by atoms with Crippen LogP contribution in [0.1, 0.15) is 46.8 Å². The molecule has 0 saturated carbocycles. The van der Waals surface area contributed by atoms with Gasteiger partial charge in [-0.25, -0.2) is 8.78 Å². The molecule has 0 aliphatic carbocycles. The molecule has 2 saturated heterocycles. The van der Waals surface area contributed by atoms with E-state index in [1.807, 2.05) is 19.1 Å². The summed E-state index contributed by atoms with van der Waals surface area (Å²) in [4.78, 5) is 13.5. The standard InChI is InChI=1S/C16H20F2N2O/c1-11-9-12(4-5-13(11)14-3-2-7-19-14)15(21)20-8-6-16(17,18)10-20/h4-5,9,14,19H,2-3,6-8,10H2,1H3. The fraction of sp³-hybridized carbons (Fsp3) is 0.562. The number of carbonyl (C=O) groups excluding carboxylic acids is 1. The molecule has 2 heterocycles. The molecule has 0 aromatic heterocycles. The lowest BCUT2D eigenvalue weighted by atomic mass is 9.97. The number of hydrogen-bond donors (Lipinski definition) is 1. The van der Waals surface area contributed by atoms with Crippen molar-refractivity contribution in [2.75, 3.05) is 19.6 Å². The second-order valence-corrected chi connectivity index (χ2v) is 6.05. The van der Waals surface area contributed by atoms with Gasteiger partial charge in [-0.3, -0.25) is 4.79 Å². The molecule has 2 aliphatic heterocycles. The lowest BCUT2D eigenvalue weighted by Gasteiger charge is -2.18. The predicted octanol–water partition coefficient (Wildman–Crippen LogP) is 2.90. The Morgan fingerprint density at radius 1 is 1.43 bits per heavy atom. The predicted molar refractivity (Wildman–Crippen MR) is 76.6 cm³/mol. The maximum Gasteiger partial charge on any atom is 0.267 e. The molecule has 3 nitrogen and oxygen atoms in total. The van der Waals surface area contributed by atoms with Crippen LogP contribution >= 0.6 is 0 Å². The van der Waals surface area contributed by atoms with Gasteiger partial charge in [0.2, 0.25) is 0 Å². The van der Waals surface area contributed by atoms with Gasteiger partial charge in [-0.15, -0.1) is 0 Å². The third kappa shape index (κ3) is 2.93. The van der Waals surface area contributed by atoms with Crippen LogP contribution in [0, 0.1) is 6.92 Å². The van der Waals surface area contributed by atoms with E-state index in [4.69, 9.17) is 0 Å². The zero-order chi connectivity index (χ0) is 15.0. The molecule has 0 bridgehead atoms. The van der Waals surface area contributed by atoms with Gasteiger partial charge < -0.3 is 10.2 Å². The number of nitrogens with one attached hydrogen (secondary N) is 1. The molecule has 1 amide bonds. The van der Waals surface area contributed by atoms with Crippen LogP contribution < -0.4 is 5.32 Å². The highest BCUT2D eigenvalue weighted by Gasteiger charge is 2.40. The molecule has 1 atom stereocenters. The molecule has 114 valence electrons. The third-order valence-electron chi connectivity index (χ3n) is 4.41. The van der Waals surface area contributed by atoms with Crippen molar-refractivity contribution >= 4 is 5.91 Å². The Hall–Kier alpha value is -1.49. The van der Waals surface area contributed by atoms with Gasteiger partial charge >= 0.3 is 0 Å². The minimum atomic E-state index is -2.74. The Kier molecular flexibility index (Phi) is 3.69. The monoisotopic (exact) mass is 294 g/mol. The first-order valence-electron chi connectivity index (χ1n) is 7.47. The van der Waals surface area contributed by atoms with Gasteiger partial charge in [0.15, 0.2) is 0 Å². The number of carbonyl (C=O) groups is 1. The smallest absolute Gasteiger partial charge is 0.267 e. The zero-order valence-corrected chi connectivity index (χ0v) is 12.2. The lowest BCUT2D eigenvalue weighted by Crippen LogP contribution is -2.31. The average molecular weight is 294 g/mol. The van der Waals surface area contributed by atoms with Crippen LogP contribution in [0.25, 0.3) is 0 Å². The summed E-state index contributed by atoms with van der Waals surface area (Å²) in [5, 5.41) is 3.43. The van der Waals surface area contributed by atoms with E-state index < -0.39 is 12.5 Å². The largest absolute Gasteiger partial charge is 0.332 e. The van der Waals surface area contributed by atoms with Crippen LogP contribution in [0.5, 0.6) is 0 Å². The Balaban J connectivity index is 1.77. The fourth-order valence-corrected chi connectivity index (χ4v) is 3.24. The van der Waals surface area contributed by atoms with Crippen molar-refractivity contribution in [3.05, 3.63) is 34.9 Å². The fourth-order valence-electron chi connectivity index (χ4n) is 3.24. The van der Waals surface area contributed by atoms with Crippen LogP contribution in [0.3, 0.4) is 0 Å². The SMILES string of the molecule is Cc1cc(C(=O)N2CCC(F)(F)C2)ccc1C1CCCN1. The summed E-state index contributed by atoms with van der Waals surface area (Å²) < 4.78 is 26.4. The van der Waals surface area contributed by atoms with E-state index in [0.29, 0.717) is 11.6 Å². The summed E-state index contributed by atoms with van der Waals surface area (Å²) in [7, 11) is 0. The summed E-state index contributed by atoms with van der Waals surface area (Å²) in [5.74, 6) is -3.03. The number of hydrogen-bond acceptors (Lipinski definition) is 2. The number of benzene rings is 1. The van der Waals surface area contributed by atoms with Crippen molar-refractivity contribution in [1.82, 2.24) is 10.2 Å². The number of nitrogens with zero attached hydrogens (tertiary/aromatic N) is 1. The minimum Gasteiger partial charge on any atom is -0.332 e. The number of rotatable bonds is 2. The van der Waals surface area contributed by atoms with Gasteiger partial charge in [0.1, 0.15) is 0 Å². The van der Waals surface area contributed by atoms with Crippen molar-refractivity contribution in [2.24, 2.45) is 0 Å². The van der Waals surface area contributed by atoms with Gasteiger partial charge in [0.05, 0.1) is 6.54 Å². The van der Waals surface area contributed by atoms with Crippen LogP contribution in [-0.2, 0) is 0 Å². The molecule has 21 heavy (non-hydrogen) atoms. The highest BCUT2D eigenvalue weighted by atomic mass is 19.3. The van der Waals surface area contributed by atoms with E-state index in [1.165, 1.54) is 10.5 Å². The Morgan fingerprint density at radius 3 is 2.81 bits per heavy atom. The van der Waals surface area contributed by atoms with Crippen molar-refractivity contribution in [1.29, 1.82) is 0 Å². The maximum atomic E-state index is 13.2. The lowest BCUT2D eigenvalue weighted by molar-refractivity contribution is 0.0120. The van der Waals surface area contributed by atoms with Crippen molar-refractivity contribution < 1.29 is 13.6 Å². The van der Waals surface area contributed by atoms with E-state index in [2.05, 4.69) is 5.32 Å². The highest BCUT2D eigenvalue weighted by Crippen LogP contribution is 2.29. The number of halogens is 2. The minimum absolute atomic E-state index is 0.136. The summed E-state index contributed by atoms with van der Waals surface area (Å²) in [6.45, 7) is 2.67. The van der Waals surface area contributed by atoms with Gasteiger partial charge in [-0.1, -0.05) is 6.07 Å². The summed E-state index contributed by atoms with van der Waals surface area (Å²) >= 11 is 0. The van der Waals surface area contributed by atoms with Crippen LogP contribution in [-0.4, -0.2) is 36.4 Å². The Morgan fingerprint density at radius 2 is 2.24 bits per heavy atom. The van der Waals surface area contributed by atoms with Gasteiger partial charge in [0.25, 0.3) is 11.8 Å². The Bertz CT molecular complexity index is 553. The first-order valence-corrected chi connectivity index (χ1v) is 7.47. The summed E-state index contributed by atoms with van der Waals surface area (Å²) in [6, 6.07) is 5.90. The van der Waals surface area contributed by atoms with E-state index in [-0.39, 0.29) is 18.9 Å². The number of aryl methyl sites for hydroxylation is 1. The first kappa shape index (κ1) is 14.4. The average Bonchev–Trinajstić information content (AvgIpc) is 3.07. The third-order valence-corrected chi connectivity index (χ3v) is 4.41. The molecule has 0 radical (unpaired) electrons. The molecule has 3 rings (SSSR count). The first-order chi connectivity index (χ1) is 9.96. The molecule has 0 spiro atoms. The number of alkyl halides is 2. The van der Waals surface area contributed by atoms with E-state index in [9.17, 15) is 13.6 Å². The van der Waals surface area contributed by atoms with Crippen molar-refractivity contribution in [3.63, 3.8) is 0 Å². The van der Waals surface area contributed by atoms with Crippen LogP contribution in [0.2, 0.25) is 0 Å². The molecule has 5 heteroatoms. The number of amides is 1. The van der Waals surface area contributed by atoms with E-state index in [0.717, 1.165) is 24.9 Å². The van der Waals surface area contributed by atoms with E-state index in [1.54, 1.807) is 6.07 Å². The second kappa shape index (κ2) is 5.37. The zero-order valence-electron chi connectivity index (χ0n) is 12.2. The van der Waals surface area contributed by atoms with Gasteiger partial charge in [0, 0.05) is 24.6 Å². The van der Waals surface area contributed by atoms with Crippen LogP contribution in [0.4, 0.5) is 8.78 Å². The maximum absolute atomic E-state index is 13.2. The molecule has 1 aromatic rings. The van der Waals surface area contributed by atoms with Crippen molar-refractivity contribution in [2.45, 2.75) is 38.2 Å². The molecule has 1 N–H and O–H groups in total. The normalized spacial score (nSPS) is 24.5. The number of likely N-dealkylation sites (tertiary alicyclic amines) is 1. The van der Waals surface area contributed by atoms with E-state index >= 15 is 0 Å². The van der Waals surface area contributed by atoms with Crippen molar-refractivity contribution in [3.8, 4) is 0 Å². The Labute approximate surface area is 123 Å². The molecular weight excluding hydrogens is 274 g/mol. The highest BCUT2D eigenvalue weighted by molar-refractivity contribution is 5.94. The molecule has 2 fully saturated rings. The molecule has 1 aromatic carbocycles. The summed E-state index contributed by atoms with van der Waals surface area (Å²) in [5.41, 5.74) is 2.76. The summed E-state index contributed by atoms with van der Waals surface area (Å²) in [6.07, 6.45) is 2.03. The van der Waals surface area contributed by atoms with Crippen LogP contribution in [0.15, 0.2) is 18.2 Å². The quantitative estimate of drug-likeness (QED) is 0.909. The van der Waals surface area contributed by atoms with Gasteiger partial charge in [-0.05, 0) is 49.6 Å². The second-order valence-electron chi connectivity index (χ2n) is 6.05. The topological polar surface area (TPSA) is 32.3 Å². The molecule has 2 aliphatic rings. The molecular formula is C16H20F2N2O. The van der Waals surface area contributed by atoms with Gasteiger partial charge in [-0.2, -0.15) is 0 Å².